The minimum absolute atomic E-state index is 0.122. The Balaban J connectivity index is 1.64. The number of hydrogen-bond acceptors (Lipinski definition) is 5. The molecule has 3 aromatic carbocycles. The third-order valence-corrected chi connectivity index (χ3v) is 9.01. The van der Waals surface area contributed by atoms with E-state index in [0.29, 0.717) is 17.8 Å². The highest BCUT2D eigenvalue weighted by atomic mass is 32.2. The monoisotopic (exact) mass is 533 g/mol. The number of nitrogens with two attached hydrogens (primary N) is 1. The number of allylic oxidation sites excluding steroid dienone is 3. The van der Waals surface area contributed by atoms with E-state index in [-0.39, 0.29) is 5.78 Å². The fourth-order valence-corrected chi connectivity index (χ4v) is 6.86. The molecule has 0 amide bonds. The molecule has 5 heteroatoms. The van der Waals surface area contributed by atoms with Gasteiger partial charge in [0.1, 0.15) is 5.82 Å². The molecule has 3 aromatic rings. The smallest absolute Gasteiger partial charge is 0.161 e. The quantitative estimate of drug-likeness (QED) is 0.328. The molecule has 0 fully saturated rings. The standard InChI is InChI=1S/C34H35N3OS/c1-5-24-9-6-7-10-29(24)37-30-11-8-12-31(38)33(30)32(28(19-35)34(37)36)27-18-22(3)17-25(23(27)4)20-39-26-15-13-21(2)14-16-26/h6-7,9-10,13-18,32H,5,8,11-12,20,36H2,1-4H3. The third-order valence-electron chi connectivity index (χ3n) is 7.95. The van der Waals surface area contributed by atoms with Crippen LogP contribution in [0.4, 0.5) is 5.69 Å². The van der Waals surface area contributed by atoms with Crippen molar-refractivity contribution in [3.8, 4) is 6.07 Å². The second-order valence-corrected chi connectivity index (χ2v) is 11.6. The minimum Gasteiger partial charge on any atom is -0.384 e. The van der Waals surface area contributed by atoms with Gasteiger partial charge in [-0.3, -0.25) is 9.69 Å². The van der Waals surface area contributed by atoms with Gasteiger partial charge in [-0.05, 0) is 80.5 Å². The Morgan fingerprint density at radius 2 is 1.74 bits per heavy atom. The number of hydrogen-bond donors (Lipinski definition) is 1. The molecule has 5 rings (SSSR count). The summed E-state index contributed by atoms with van der Waals surface area (Å²) in [6, 6.07) is 23.6. The Kier molecular flexibility index (Phi) is 7.68. The molecule has 0 radical (unpaired) electrons. The van der Waals surface area contributed by atoms with Crippen molar-refractivity contribution in [1.82, 2.24) is 0 Å². The van der Waals surface area contributed by atoms with Crippen LogP contribution in [0.25, 0.3) is 0 Å². The number of para-hydroxylation sites is 1. The molecule has 2 N–H and O–H groups in total. The number of ketones is 1. The van der Waals surface area contributed by atoms with Crippen molar-refractivity contribution in [3.63, 3.8) is 0 Å². The van der Waals surface area contributed by atoms with Crippen LogP contribution < -0.4 is 10.6 Å². The van der Waals surface area contributed by atoms with E-state index >= 15 is 0 Å². The molecule has 1 aliphatic heterocycles. The van der Waals surface area contributed by atoms with Gasteiger partial charge >= 0.3 is 0 Å². The average molecular weight is 534 g/mol. The van der Waals surface area contributed by atoms with Gasteiger partial charge in [0.2, 0.25) is 0 Å². The zero-order chi connectivity index (χ0) is 27.7. The first-order valence-electron chi connectivity index (χ1n) is 13.7. The maximum atomic E-state index is 13.7. The lowest BCUT2D eigenvalue weighted by Crippen LogP contribution is -2.39. The van der Waals surface area contributed by atoms with Crippen molar-refractivity contribution in [2.45, 2.75) is 69.9 Å². The van der Waals surface area contributed by atoms with Gasteiger partial charge in [0.15, 0.2) is 5.78 Å². The molecule has 39 heavy (non-hydrogen) atoms. The average Bonchev–Trinajstić information content (AvgIpc) is 2.94. The topological polar surface area (TPSA) is 70.1 Å². The highest BCUT2D eigenvalue weighted by Crippen LogP contribution is 2.48. The Hall–Kier alpha value is -3.75. The zero-order valence-electron chi connectivity index (χ0n) is 23.2. The number of thioether (sulfide) groups is 1. The van der Waals surface area contributed by atoms with Gasteiger partial charge in [0.25, 0.3) is 0 Å². The van der Waals surface area contributed by atoms with E-state index in [1.54, 1.807) is 11.8 Å². The van der Waals surface area contributed by atoms with Crippen LogP contribution in [0.2, 0.25) is 0 Å². The summed E-state index contributed by atoms with van der Waals surface area (Å²) in [5.74, 6) is 0.920. The normalized spacial score (nSPS) is 17.4. The highest BCUT2D eigenvalue weighted by Gasteiger charge is 2.41. The Morgan fingerprint density at radius 1 is 1.00 bits per heavy atom. The lowest BCUT2D eigenvalue weighted by atomic mass is 9.73. The van der Waals surface area contributed by atoms with Gasteiger partial charge in [-0.25, -0.2) is 0 Å². The van der Waals surface area contributed by atoms with Gasteiger partial charge in [0.05, 0.1) is 23.2 Å². The van der Waals surface area contributed by atoms with Crippen molar-refractivity contribution in [3.05, 3.63) is 117 Å². The summed E-state index contributed by atoms with van der Waals surface area (Å²) in [6.07, 6.45) is 2.88. The predicted molar refractivity (Wildman–Crippen MR) is 160 cm³/mol. The van der Waals surface area contributed by atoms with Crippen molar-refractivity contribution in [2.75, 3.05) is 4.90 Å². The third kappa shape index (κ3) is 5.02. The molecule has 0 saturated carbocycles. The van der Waals surface area contributed by atoms with Crippen LogP contribution in [-0.2, 0) is 17.0 Å². The zero-order valence-corrected chi connectivity index (χ0v) is 24.0. The largest absolute Gasteiger partial charge is 0.384 e. The molecule has 0 saturated heterocycles. The number of anilines is 1. The molecule has 1 atom stereocenters. The van der Waals surface area contributed by atoms with Gasteiger partial charge in [-0.1, -0.05) is 60.5 Å². The van der Waals surface area contributed by atoms with Crippen LogP contribution in [0, 0.1) is 32.1 Å². The second-order valence-electron chi connectivity index (χ2n) is 10.5. The van der Waals surface area contributed by atoms with Crippen LogP contribution in [0.3, 0.4) is 0 Å². The molecule has 4 nitrogen and oxygen atoms in total. The van der Waals surface area contributed by atoms with Crippen molar-refractivity contribution in [2.24, 2.45) is 5.73 Å². The van der Waals surface area contributed by atoms with E-state index in [9.17, 15) is 10.1 Å². The van der Waals surface area contributed by atoms with Gasteiger partial charge < -0.3 is 5.73 Å². The fraction of sp³-hybridized carbons (Fsp3) is 0.294. The Bertz CT molecular complexity index is 1540. The molecule has 0 spiro atoms. The lowest BCUT2D eigenvalue weighted by Gasteiger charge is -2.40. The van der Waals surface area contributed by atoms with Crippen LogP contribution in [-0.4, -0.2) is 5.78 Å². The lowest BCUT2D eigenvalue weighted by molar-refractivity contribution is -0.116. The molecule has 2 aliphatic rings. The summed E-state index contributed by atoms with van der Waals surface area (Å²) in [5, 5.41) is 10.5. The molecule has 0 aromatic heterocycles. The molecule has 198 valence electrons. The summed E-state index contributed by atoms with van der Waals surface area (Å²) in [6.45, 7) is 8.42. The van der Waals surface area contributed by atoms with Crippen LogP contribution in [0.5, 0.6) is 0 Å². The summed E-state index contributed by atoms with van der Waals surface area (Å²) in [4.78, 5) is 16.9. The van der Waals surface area contributed by atoms with Gasteiger partial charge in [0, 0.05) is 28.3 Å². The molecule has 1 unspecified atom stereocenters. The number of carbonyl (C=O) groups excluding carboxylic acids is 1. The van der Waals surface area contributed by atoms with Crippen molar-refractivity contribution >= 4 is 23.2 Å². The number of nitrogens with zero attached hydrogens (tertiary/aromatic N) is 2. The van der Waals surface area contributed by atoms with E-state index < -0.39 is 5.92 Å². The molecule has 1 aliphatic carbocycles. The Morgan fingerprint density at radius 3 is 2.46 bits per heavy atom. The number of benzene rings is 3. The van der Waals surface area contributed by atoms with E-state index in [0.717, 1.165) is 64.2 Å². The summed E-state index contributed by atoms with van der Waals surface area (Å²) < 4.78 is 0. The first-order chi connectivity index (χ1) is 18.8. The van der Waals surface area contributed by atoms with E-state index in [1.807, 2.05) is 23.1 Å². The molecule has 1 heterocycles. The van der Waals surface area contributed by atoms with Gasteiger partial charge in [-0.15, -0.1) is 11.8 Å². The number of Topliss-reactive ketones (excluding diaryl/α,β-unsaturated/α-hetero) is 1. The summed E-state index contributed by atoms with van der Waals surface area (Å²) in [5.41, 5.74) is 16.8. The number of nitriles is 1. The van der Waals surface area contributed by atoms with Gasteiger partial charge in [-0.2, -0.15) is 5.26 Å². The summed E-state index contributed by atoms with van der Waals surface area (Å²) in [7, 11) is 0. The fourth-order valence-electron chi connectivity index (χ4n) is 5.91. The van der Waals surface area contributed by atoms with E-state index in [1.165, 1.54) is 16.0 Å². The predicted octanol–water partition coefficient (Wildman–Crippen LogP) is 7.77. The maximum Gasteiger partial charge on any atom is 0.161 e. The first-order valence-corrected chi connectivity index (χ1v) is 14.7. The number of carbonyl (C=O) groups is 1. The van der Waals surface area contributed by atoms with Crippen LogP contribution >= 0.6 is 11.8 Å². The van der Waals surface area contributed by atoms with Crippen molar-refractivity contribution in [1.29, 1.82) is 5.26 Å². The molecular weight excluding hydrogens is 498 g/mol. The molecular formula is C34H35N3OS. The van der Waals surface area contributed by atoms with Crippen molar-refractivity contribution < 1.29 is 4.79 Å². The van der Waals surface area contributed by atoms with E-state index in [4.69, 9.17) is 5.73 Å². The van der Waals surface area contributed by atoms with Crippen LogP contribution in [0.1, 0.15) is 65.5 Å². The first kappa shape index (κ1) is 26.8. The minimum atomic E-state index is -0.453. The van der Waals surface area contributed by atoms with Crippen LogP contribution in [0.15, 0.2) is 88.2 Å². The Labute approximate surface area is 236 Å². The highest BCUT2D eigenvalue weighted by molar-refractivity contribution is 7.98. The van der Waals surface area contributed by atoms with E-state index in [2.05, 4.69) is 76.2 Å². The number of aryl methyl sites for hydroxylation is 3. The maximum absolute atomic E-state index is 13.7. The summed E-state index contributed by atoms with van der Waals surface area (Å²) >= 11 is 1.80. The SMILES string of the molecule is CCc1ccccc1N1C(N)=C(C#N)C(c2cc(C)cc(CSc3ccc(C)cc3)c2C)C2=C1CCCC2=O. The number of rotatable bonds is 6. The second kappa shape index (κ2) is 11.2. The molecule has 0 bridgehead atoms.